The summed E-state index contributed by atoms with van der Waals surface area (Å²) in [6, 6.07) is 13.0. The largest absolute Gasteiger partial charge is 0.378 e. The molecule has 0 aromatic heterocycles. The van der Waals surface area contributed by atoms with Crippen LogP contribution in [0.3, 0.4) is 0 Å². The summed E-state index contributed by atoms with van der Waals surface area (Å²) in [4.78, 5) is 10.7. The van der Waals surface area contributed by atoms with Crippen molar-refractivity contribution >= 4 is 23.0 Å². The van der Waals surface area contributed by atoms with Gasteiger partial charge >= 0.3 is 0 Å². The molecule has 3 atom stereocenters. The van der Waals surface area contributed by atoms with Gasteiger partial charge in [0.15, 0.2) is 0 Å². The van der Waals surface area contributed by atoms with Crippen LogP contribution in [-0.2, 0) is 0 Å². The number of halogens is 1. The number of rotatable bonds is 2. The first-order chi connectivity index (χ1) is 11.1. The van der Waals surface area contributed by atoms with Gasteiger partial charge in [-0.1, -0.05) is 42.0 Å². The highest BCUT2D eigenvalue weighted by molar-refractivity contribution is 6.31. The van der Waals surface area contributed by atoms with E-state index in [0.29, 0.717) is 5.92 Å². The van der Waals surface area contributed by atoms with Gasteiger partial charge in [-0.05, 0) is 35.6 Å². The van der Waals surface area contributed by atoms with Gasteiger partial charge in [0.2, 0.25) is 0 Å². The van der Waals surface area contributed by atoms with Crippen LogP contribution in [0.4, 0.5) is 11.4 Å². The van der Waals surface area contributed by atoms with Crippen molar-refractivity contribution in [3.8, 4) is 0 Å². The van der Waals surface area contributed by atoms with E-state index in [2.05, 4.69) is 17.5 Å². The zero-order chi connectivity index (χ0) is 16.0. The van der Waals surface area contributed by atoms with Crippen molar-refractivity contribution in [1.82, 2.24) is 0 Å². The number of hydrogen-bond acceptors (Lipinski definition) is 3. The molecule has 5 heteroatoms. The molecule has 23 heavy (non-hydrogen) atoms. The second-order valence-electron chi connectivity index (χ2n) is 6.03. The van der Waals surface area contributed by atoms with Crippen LogP contribution in [0, 0.1) is 16.0 Å². The molecule has 4 rings (SSSR count). The molecule has 2 aromatic carbocycles. The van der Waals surface area contributed by atoms with Crippen LogP contribution in [0.25, 0.3) is 0 Å². The lowest BCUT2D eigenvalue weighted by Gasteiger charge is -2.37. The van der Waals surface area contributed by atoms with Crippen LogP contribution in [0.15, 0.2) is 54.6 Å². The molecule has 1 N–H and O–H groups in total. The Hall–Kier alpha value is -2.33. The number of benzene rings is 2. The number of allylic oxidation sites excluding steroid dienone is 2. The highest BCUT2D eigenvalue weighted by Crippen LogP contribution is 2.51. The Bertz CT molecular complexity index is 818. The minimum absolute atomic E-state index is 0.109. The summed E-state index contributed by atoms with van der Waals surface area (Å²) in [6.45, 7) is 0. The third-order valence-electron chi connectivity index (χ3n) is 4.80. The van der Waals surface area contributed by atoms with E-state index in [0.717, 1.165) is 28.3 Å². The van der Waals surface area contributed by atoms with Crippen LogP contribution < -0.4 is 5.32 Å². The van der Waals surface area contributed by atoms with Crippen molar-refractivity contribution in [2.45, 2.75) is 18.4 Å². The molecule has 0 saturated carbocycles. The average Bonchev–Trinajstić information content (AvgIpc) is 3.04. The number of fused-ring (bicyclic) bond motifs is 3. The van der Waals surface area contributed by atoms with Crippen LogP contribution in [0.5, 0.6) is 0 Å². The first-order valence-electron chi connectivity index (χ1n) is 7.61. The van der Waals surface area contributed by atoms with Crippen molar-refractivity contribution in [2.75, 3.05) is 5.32 Å². The molecule has 1 heterocycles. The van der Waals surface area contributed by atoms with Gasteiger partial charge < -0.3 is 5.32 Å². The summed E-state index contributed by atoms with van der Waals surface area (Å²) < 4.78 is 0. The zero-order valence-corrected chi connectivity index (χ0v) is 13.0. The van der Waals surface area contributed by atoms with Gasteiger partial charge in [-0.25, -0.2) is 0 Å². The minimum atomic E-state index is -0.339. The molecule has 0 fully saturated rings. The number of non-ortho nitro benzene ring substituents is 1. The van der Waals surface area contributed by atoms with Gasteiger partial charge in [0.1, 0.15) is 0 Å². The lowest BCUT2D eigenvalue weighted by molar-refractivity contribution is -0.384. The average molecular weight is 327 g/mol. The second-order valence-corrected chi connectivity index (χ2v) is 6.43. The molecule has 2 aromatic rings. The number of nitro groups is 1. The Labute approximate surface area is 138 Å². The summed E-state index contributed by atoms with van der Waals surface area (Å²) in [5, 5.41) is 15.4. The Morgan fingerprint density at radius 2 is 2.00 bits per heavy atom. The fraction of sp³-hybridized carbons (Fsp3) is 0.222. The predicted octanol–water partition coefficient (Wildman–Crippen LogP) is 5.07. The van der Waals surface area contributed by atoms with Gasteiger partial charge in [0, 0.05) is 28.8 Å². The fourth-order valence-corrected chi connectivity index (χ4v) is 3.98. The summed E-state index contributed by atoms with van der Waals surface area (Å²) >= 11 is 6.39. The molecule has 0 radical (unpaired) electrons. The smallest absolute Gasteiger partial charge is 0.269 e. The third-order valence-corrected chi connectivity index (χ3v) is 5.14. The maximum Gasteiger partial charge on any atom is 0.269 e. The molecule has 0 bridgehead atoms. The Morgan fingerprint density at radius 1 is 1.17 bits per heavy atom. The monoisotopic (exact) mass is 326 g/mol. The molecule has 1 aliphatic heterocycles. The van der Waals surface area contributed by atoms with E-state index in [4.69, 9.17) is 11.6 Å². The van der Waals surface area contributed by atoms with Crippen LogP contribution in [0.2, 0.25) is 5.02 Å². The van der Waals surface area contributed by atoms with E-state index in [-0.39, 0.29) is 22.6 Å². The van der Waals surface area contributed by atoms with E-state index in [1.807, 2.05) is 24.3 Å². The molecular weight excluding hydrogens is 312 g/mol. The fourth-order valence-electron chi connectivity index (χ4n) is 3.73. The van der Waals surface area contributed by atoms with Crippen LogP contribution in [-0.4, -0.2) is 4.92 Å². The van der Waals surface area contributed by atoms with Gasteiger partial charge in [-0.3, -0.25) is 10.1 Å². The standard InChI is InChI=1S/C18H15ClN2O2/c19-16-7-2-1-4-14(16)18-13-6-3-5-12(13)15-10-11(21(22)23)8-9-17(15)20-18/h1-5,7-10,12-13,18,20H,6H2/t12-,13-,18-/m1/s1. The van der Waals surface area contributed by atoms with E-state index in [9.17, 15) is 10.1 Å². The van der Waals surface area contributed by atoms with Crippen molar-refractivity contribution < 1.29 is 4.92 Å². The number of anilines is 1. The van der Waals surface area contributed by atoms with Crippen LogP contribution in [0.1, 0.15) is 29.5 Å². The second kappa shape index (κ2) is 5.39. The first kappa shape index (κ1) is 14.3. The molecule has 116 valence electrons. The number of nitrogens with zero attached hydrogens (tertiary/aromatic N) is 1. The molecule has 2 aliphatic rings. The highest BCUT2D eigenvalue weighted by Gasteiger charge is 2.39. The molecular formula is C18H15ClN2O2. The summed E-state index contributed by atoms with van der Waals surface area (Å²) in [7, 11) is 0. The maximum atomic E-state index is 11.1. The SMILES string of the molecule is O=[N+]([O-])c1ccc2c(c1)[C@@H]1C=CC[C@H]1[C@H](c1ccccc1Cl)N2. The van der Waals surface area contributed by atoms with Crippen molar-refractivity contribution in [1.29, 1.82) is 0 Å². The van der Waals surface area contributed by atoms with Gasteiger partial charge in [0.25, 0.3) is 5.69 Å². The highest BCUT2D eigenvalue weighted by atomic mass is 35.5. The minimum Gasteiger partial charge on any atom is -0.378 e. The van der Waals surface area contributed by atoms with E-state index < -0.39 is 0 Å². The lowest BCUT2D eigenvalue weighted by Crippen LogP contribution is -2.29. The first-order valence-corrected chi connectivity index (χ1v) is 7.99. The summed E-state index contributed by atoms with van der Waals surface area (Å²) in [6.07, 6.45) is 5.27. The Morgan fingerprint density at radius 3 is 2.78 bits per heavy atom. The van der Waals surface area contributed by atoms with E-state index in [1.165, 1.54) is 0 Å². The van der Waals surface area contributed by atoms with Gasteiger partial charge in [-0.15, -0.1) is 0 Å². The van der Waals surface area contributed by atoms with E-state index in [1.54, 1.807) is 18.2 Å². The van der Waals surface area contributed by atoms with Gasteiger partial charge in [-0.2, -0.15) is 0 Å². The van der Waals surface area contributed by atoms with Crippen LogP contribution >= 0.6 is 11.6 Å². The molecule has 0 amide bonds. The quantitative estimate of drug-likeness (QED) is 0.476. The Kier molecular flexibility index (Phi) is 3.34. The number of nitrogens with one attached hydrogen (secondary N) is 1. The predicted molar refractivity (Wildman–Crippen MR) is 90.9 cm³/mol. The number of nitro benzene ring substituents is 1. The molecule has 0 spiro atoms. The molecule has 0 unspecified atom stereocenters. The number of hydrogen-bond donors (Lipinski definition) is 1. The molecule has 4 nitrogen and oxygen atoms in total. The lowest BCUT2D eigenvalue weighted by atomic mass is 9.77. The van der Waals surface area contributed by atoms with Gasteiger partial charge in [0.05, 0.1) is 11.0 Å². The van der Waals surface area contributed by atoms with Crippen molar-refractivity contribution in [2.24, 2.45) is 5.92 Å². The summed E-state index contributed by atoms with van der Waals surface area (Å²) in [5.41, 5.74) is 3.17. The van der Waals surface area contributed by atoms with E-state index >= 15 is 0 Å². The zero-order valence-electron chi connectivity index (χ0n) is 12.3. The summed E-state index contributed by atoms with van der Waals surface area (Å²) in [5.74, 6) is 0.511. The third kappa shape index (κ3) is 2.30. The van der Waals surface area contributed by atoms with Crippen molar-refractivity contribution in [3.05, 3.63) is 80.9 Å². The van der Waals surface area contributed by atoms with Crippen molar-refractivity contribution in [3.63, 3.8) is 0 Å². The maximum absolute atomic E-state index is 11.1. The topological polar surface area (TPSA) is 55.2 Å². The Balaban J connectivity index is 1.81. The molecule has 1 aliphatic carbocycles. The molecule has 0 saturated heterocycles. The normalized spacial score (nSPS) is 24.7.